The first-order valence-electron chi connectivity index (χ1n) is 9.49. The van der Waals surface area contributed by atoms with E-state index in [4.69, 9.17) is 9.47 Å². The van der Waals surface area contributed by atoms with Crippen LogP contribution in [0.3, 0.4) is 0 Å². The maximum absolute atomic E-state index is 12.8. The Labute approximate surface area is 154 Å². The lowest BCUT2D eigenvalue weighted by atomic mass is 10.2. The normalized spacial score (nSPS) is 21.6. The fraction of sp³-hybridized carbons (Fsp3) is 0.550. The first-order valence-corrected chi connectivity index (χ1v) is 9.49. The summed E-state index contributed by atoms with van der Waals surface area (Å²) in [5, 5.41) is 1.08. The maximum Gasteiger partial charge on any atom is 0.270 e. The summed E-state index contributed by atoms with van der Waals surface area (Å²) >= 11 is 0. The fourth-order valence-corrected chi connectivity index (χ4v) is 3.75. The van der Waals surface area contributed by atoms with Gasteiger partial charge in [-0.2, -0.15) is 0 Å². The number of aromatic nitrogens is 1. The molecule has 0 spiro atoms. The molecule has 140 valence electrons. The van der Waals surface area contributed by atoms with Gasteiger partial charge < -0.3 is 19.4 Å². The van der Waals surface area contributed by atoms with Gasteiger partial charge in [0.2, 0.25) is 0 Å². The maximum atomic E-state index is 12.8. The predicted octanol–water partition coefficient (Wildman–Crippen LogP) is 2.04. The topological polar surface area (TPSA) is 57.8 Å². The molecule has 1 amide bonds. The van der Waals surface area contributed by atoms with Crippen molar-refractivity contribution in [1.82, 2.24) is 14.8 Å². The minimum Gasteiger partial charge on any atom is -0.379 e. The Morgan fingerprint density at radius 1 is 1.27 bits per heavy atom. The van der Waals surface area contributed by atoms with Gasteiger partial charge >= 0.3 is 0 Å². The molecule has 1 N–H and O–H groups in total. The highest BCUT2D eigenvalue weighted by atomic mass is 16.5. The largest absolute Gasteiger partial charge is 0.379 e. The van der Waals surface area contributed by atoms with E-state index >= 15 is 0 Å². The molecule has 0 saturated carbocycles. The lowest BCUT2D eigenvalue weighted by molar-refractivity contribution is 0.00423. The zero-order valence-corrected chi connectivity index (χ0v) is 15.4. The van der Waals surface area contributed by atoms with Crippen LogP contribution in [0.1, 0.15) is 22.5 Å². The number of amides is 1. The van der Waals surface area contributed by atoms with Gasteiger partial charge in [0, 0.05) is 43.6 Å². The Balaban J connectivity index is 1.29. The summed E-state index contributed by atoms with van der Waals surface area (Å²) in [6.07, 6.45) is 1.06. The van der Waals surface area contributed by atoms with Gasteiger partial charge in [0.15, 0.2) is 0 Å². The molecule has 0 bridgehead atoms. The number of H-pyrrole nitrogens is 1. The van der Waals surface area contributed by atoms with Crippen LogP contribution in [0.5, 0.6) is 0 Å². The monoisotopic (exact) mass is 357 g/mol. The van der Waals surface area contributed by atoms with E-state index in [1.807, 2.05) is 11.0 Å². The SMILES string of the molecule is Cc1ccc2cc(C(=O)N3CC[C@H](OCCN4CCOCC4)C3)[nH]c2c1. The van der Waals surface area contributed by atoms with Crippen molar-refractivity contribution in [2.24, 2.45) is 0 Å². The molecule has 3 heterocycles. The number of carbonyl (C=O) groups excluding carboxylic acids is 1. The number of aryl methyl sites for hydroxylation is 1. The van der Waals surface area contributed by atoms with Gasteiger partial charge in [0.25, 0.3) is 5.91 Å². The number of likely N-dealkylation sites (tertiary alicyclic amines) is 1. The lowest BCUT2D eigenvalue weighted by Crippen LogP contribution is -2.39. The molecule has 2 aliphatic heterocycles. The molecule has 2 saturated heterocycles. The average molecular weight is 357 g/mol. The number of aromatic amines is 1. The Hall–Kier alpha value is -1.89. The summed E-state index contributed by atoms with van der Waals surface area (Å²) in [5.41, 5.74) is 2.87. The fourth-order valence-electron chi connectivity index (χ4n) is 3.75. The molecule has 6 nitrogen and oxygen atoms in total. The molecule has 6 heteroatoms. The smallest absolute Gasteiger partial charge is 0.270 e. The molecule has 2 aliphatic rings. The van der Waals surface area contributed by atoms with Crippen LogP contribution in [0.25, 0.3) is 10.9 Å². The number of hydrogen-bond acceptors (Lipinski definition) is 4. The lowest BCUT2D eigenvalue weighted by Gasteiger charge is -2.26. The molecule has 0 radical (unpaired) electrons. The second-order valence-corrected chi connectivity index (χ2v) is 7.26. The van der Waals surface area contributed by atoms with E-state index in [1.165, 1.54) is 5.56 Å². The molecular weight excluding hydrogens is 330 g/mol. The Kier molecular flexibility index (Phi) is 5.24. The average Bonchev–Trinajstić information content (AvgIpc) is 3.28. The molecule has 0 aliphatic carbocycles. The zero-order valence-electron chi connectivity index (χ0n) is 15.4. The Morgan fingerprint density at radius 3 is 2.96 bits per heavy atom. The van der Waals surface area contributed by atoms with E-state index in [0.29, 0.717) is 12.2 Å². The summed E-state index contributed by atoms with van der Waals surface area (Å²) in [7, 11) is 0. The van der Waals surface area contributed by atoms with Gasteiger partial charge in [-0.3, -0.25) is 9.69 Å². The zero-order chi connectivity index (χ0) is 17.9. The standard InChI is InChI=1S/C20H27N3O3/c1-15-2-3-16-13-19(21-18(16)12-15)20(24)23-5-4-17(14-23)26-11-8-22-6-9-25-10-7-22/h2-3,12-13,17,21H,4-11,14H2,1H3/t17-/m0/s1. The highest BCUT2D eigenvalue weighted by Gasteiger charge is 2.28. The second-order valence-electron chi connectivity index (χ2n) is 7.26. The van der Waals surface area contributed by atoms with E-state index in [2.05, 4.69) is 35.0 Å². The predicted molar refractivity (Wildman–Crippen MR) is 101 cm³/mol. The Morgan fingerprint density at radius 2 is 2.12 bits per heavy atom. The molecule has 26 heavy (non-hydrogen) atoms. The number of ether oxygens (including phenoxy) is 2. The molecule has 1 aromatic carbocycles. The second kappa shape index (κ2) is 7.78. The third-order valence-electron chi connectivity index (χ3n) is 5.31. The number of rotatable bonds is 5. The van der Waals surface area contributed by atoms with Gasteiger partial charge in [0.05, 0.1) is 25.9 Å². The minimum atomic E-state index is 0.0677. The molecule has 4 rings (SSSR count). The van der Waals surface area contributed by atoms with Gasteiger partial charge in [-0.1, -0.05) is 12.1 Å². The quantitative estimate of drug-likeness (QED) is 0.890. The summed E-state index contributed by atoms with van der Waals surface area (Å²) < 4.78 is 11.4. The third-order valence-corrected chi connectivity index (χ3v) is 5.31. The van der Waals surface area contributed by atoms with E-state index < -0.39 is 0 Å². The van der Waals surface area contributed by atoms with Crippen LogP contribution in [-0.2, 0) is 9.47 Å². The number of benzene rings is 1. The van der Waals surface area contributed by atoms with Crippen molar-refractivity contribution < 1.29 is 14.3 Å². The minimum absolute atomic E-state index is 0.0677. The molecule has 1 aromatic heterocycles. The van der Waals surface area contributed by atoms with Crippen molar-refractivity contribution in [3.63, 3.8) is 0 Å². The van der Waals surface area contributed by atoms with Gasteiger partial charge in [-0.15, -0.1) is 0 Å². The van der Waals surface area contributed by atoms with E-state index in [-0.39, 0.29) is 12.0 Å². The van der Waals surface area contributed by atoms with Gasteiger partial charge in [-0.05, 0) is 31.0 Å². The van der Waals surface area contributed by atoms with Crippen molar-refractivity contribution in [3.8, 4) is 0 Å². The van der Waals surface area contributed by atoms with E-state index in [1.54, 1.807) is 0 Å². The number of nitrogens with one attached hydrogen (secondary N) is 1. The molecule has 2 fully saturated rings. The highest BCUT2D eigenvalue weighted by Crippen LogP contribution is 2.20. The number of carbonyl (C=O) groups is 1. The number of nitrogens with zero attached hydrogens (tertiary/aromatic N) is 2. The van der Waals surface area contributed by atoms with Crippen LogP contribution in [0.2, 0.25) is 0 Å². The van der Waals surface area contributed by atoms with Crippen LogP contribution < -0.4 is 0 Å². The summed E-state index contributed by atoms with van der Waals surface area (Å²) in [6, 6.07) is 8.15. The Bertz CT molecular complexity index is 767. The number of hydrogen-bond donors (Lipinski definition) is 1. The first kappa shape index (κ1) is 17.5. The molecule has 0 unspecified atom stereocenters. The van der Waals surface area contributed by atoms with Crippen LogP contribution in [0, 0.1) is 6.92 Å². The summed E-state index contributed by atoms with van der Waals surface area (Å²) in [4.78, 5) is 20.3. The van der Waals surface area contributed by atoms with Crippen molar-refractivity contribution in [2.75, 3.05) is 52.5 Å². The molecular formula is C20H27N3O3. The van der Waals surface area contributed by atoms with Crippen molar-refractivity contribution in [2.45, 2.75) is 19.4 Å². The third kappa shape index (κ3) is 3.92. The highest BCUT2D eigenvalue weighted by molar-refractivity contribution is 5.98. The van der Waals surface area contributed by atoms with Crippen molar-refractivity contribution in [1.29, 1.82) is 0 Å². The van der Waals surface area contributed by atoms with Crippen LogP contribution in [0.15, 0.2) is 24.3 Å². The summed E-state index contributed by atoms with van der Waals surface area (Å²) in [5.74, 6) is 0.0677. The van der Waals surface area contributed by atoms with Crippen LogP contribution in [0.4, 0.5) is 0 Å². The first-order chi connectivity index (χ1) is 12.7. The van der Waals surface area contributed by atoms with Crippen molar-refractivity contribution >= 4 is 16.8 Å². The molecule has 2 aromatic rings. The van der Waals surface area contributed by atoms with E-state index in [0.717, 1.165) is 63.3 Å². The van der Waals surface area contributed by atoms with Crippen LogP contribution in [-0.4, -0.2) is 79.3 Å². The molecule has 1 atom stereocenters. The van der Waals surface area contributed by atoms with Crippen LogP contribution >= 0.6 is 0 Å². The van der Waals surface area contributed by atoms with Gasteiger partial charge in [0.1, 0.15) is 5.69 Å². The number of morpholine rings is 1. The van der Waals surface area contributed by atoms with E-state index in [9.17, 15) is 4.79 Å². The summed E-state index contributed by atoms with van der Waals surface area (Å²) in [6.45, 7) is 8.75. The number of fused-ring (bicyclic) bond motifs is 1. The van der Waals surface area contributed by atoms with Crippen molar-refractivity contribution in [3.05, 3.63) is 35.5 Å². The van der Waals surface area contributed by atoms with Gasteiger partial charge in [-0.25, -0.2) is 0 Å².